The van der Waals surface area contributed by atoms with Gasteiger partial charge in [0.15, 0.2) is 0 Å². The van der Waals surface area contributed by atoms with Crippen LogP contribution in [-0.4, -0.2) is 27.0 Å². The predicted molar refractivity (Wildman–Crippen MR) is 132 cm³/mol. The standard InChI is InChI=1S/C25H19ClF3N3O4S/c1-15-13-32(37(34,35)14-17-5-2-4-16(10-17)12-30)21-11-18(8-9-22(21)36-15)31-24(33)23-19(25(27,28)29)6-3-7-20(23)26/h2-11,15H,13-14H2,1H3,(H,31,33)/t15-/m0/s1. The topological polar surface area (TPSA) is 99.5 Å². The van der Waals surface area contributed by atoms with Gasteiger partial charge in [0.1, 0.15) is 11.9 Å². The third-order valence-corrected chi connectivity index (χ3v) is 7.55. The minimum atomic E-state index is -4.81. The van der Waals surface area contributed by atoms with Crippen LogP contribution in [0.5, 0.6) is 5.75 Å². The predicted octanol–water partition coefficient (Wildman–Crippen LogP) is 5.60. The average Bonchev–Trinajstić information content (AvgIpc) is 2.82. The first-order valence-corrected chi connectivity index (χ1v) is 12.8. The Morgan fingerprint density at radius 3 is 2.62 bits per heavy atom. The highest BCUT2D eigenvalue weighted by molar-refractivity contribution is 7.92. The zero-order valence-corrected chi connectivity index (χ0v) is 20.8. The molecular weight excluding hydrogens is 531 g/mol. The number of anilines is 2. The van der Waals surface area contributed by atoms with E-state index in [0.717, 1.165) is 16.4 Å². The van der Waals surface area contributed by atoms with Crippen molar-refractivity contribution in [1.29, 1.82) is 5.26 Å². The number of carbonyl (C=O) groups excluding carboxylic acids is 1. The molecule has 0 aromatic heterocycles. The lowest BCUT2D eigenvalue weighted by molar-refractivity contribution is -0.137. The van der Waals surface area contributed by atoms with Gasteiger partial charge in [0, 0.05) is 5.69 Å². The second-order valence-electron chi connectivity index (χ2n) is 8.32. The SMILES string of the molecule is C[C@H]1CN(S(=O)(=O)Cc2cccc(C#N)c2)c2cc(NC(=O)c3c(Cl)cccc3C(F)(F)F)ccc2O1. The number of benzene rings is 3. The van der Waals surface area contributed by atoms with E-state index in [-0.39, 0.29) is 28.7 Å². The van der Waals surface area contributed by atoms with Gasteiger partial charge in [0.05, 0.1) is 45.8 Å². The summed E-state index contributed by atoms with van der Waals surface area (Å²) in [5, 5.41) is 11.1. The Bertz CT molecular complexity index is 1520. The molecule has 0 unspecified atom stereocenters. The molecule has 0 saturated carbocycles. The highest BCUT2D eigenvalue weighted by Crippen LogP contribution is 2.39. The number of hydrogen-bond acceptors (Lipinski definition) is 5. The molecule has 3 aromatic rings. The summed E-state index contributed by atoms with van der Waals surface area (Å²) in [5.74, 6) is -1.29. The maximum absolute atomic E-state index is 13.5. The van der Waals surface area contributed by atoms with Crippen molar-refractivity contribution >= 4 is 38.9 Å². The van der Waals surface area contributed by atoms with Crippen molar-refractivity contribution in [3.8, 4) is 11.8 Å². The molecule has 1 heterocycles. The quantitative estimate of drug-likeness (QED) is 0.446. The summed E-state index contributed by atoms with van der Waals surface area (Å²) in [5.41, 5.74) is -1.07. The summed E-state index contributed by atoms with van der Waals surface area (Å²) < 4.78 is 74.0. The first kappa shape index (κ1) is 26.3. The molecule has 0 radical (unpaired) electrons. The number of carbonyl (C=O) groups is 1. The molecule has 1 N–H and O–H groups in total. The molecule has 0 saturated heterocycles. The molecule has 12 heteroatoms. The molecule has 0 bridgehead atoms. The van der Waals surface area contributed by atoms with E-state index in [4.69, 9.17) is 21.6 Å². The third kappa shape index (κ3) is 5.65. The fourth-order valence-electron chi connectivity index (χ4n) is 3.94. The minimum Gasteiger partial charge on any atom is -0.487 e. The third-order valence-electron chi connectivity index (χ3n) is 5.52. The summed E-state index contributed by atoms with van der Waals surface area (Å²) in [7, 11) is -3.98. The van der Waals surface area contributed by atoms with Crippen LogP contribution in [0.15, 0.2) is 60.7 Å². The van der Waals surface area contributed by atoms with E-state index in [2.05, 4.69) is 5.32 Å². The van der Waals surface area contributed by atoms with Crippen molar-refractivity contribution in [1.82, 2.24) is 0 Å². The van der Waals surface area contributed by atoms with E-state index in [1.165, 1.54) is 30.3 Å². The van der Waals surface area contributed by atoms with Gasteiger partial charge in [-0.15, -0.1) is 0 Å². The van der Waals surface area contributed by atoms with Crippen LogP contribution in [-0.2, 0) is 22.0 Å². The van der Waals surface area contributed by atoms with Crippen LogP contribution in [0.1, 0.15) is 34.0 Å². The number of rotatable bonds is 5. The molecule has 0 fully saturated rings. The van der Waals surface area contributed by atoms with Crippen molar-refractivity contribution in [3.05, 3.63) is 87.9 Å². The first-order valence-electron chi connectivity index (χ1n) is 10.9. The summed E-state index contributed by atoms with van der Waals surface area (Å²) >= 11 is 5.92. The molecule has 4 rings (SSSR count). The molecule has 0 spiro atoms. The Balaban J connectivity index is 1.67. The van der Waals surface area contributed by atoms with E-state index in [9.17, 15) is 26.4 Å². The van der Waals surface area contributed by atoms with Gasteiger partial charge in [-0.05, 0) is 55.0 Å². The number of fused-ring (bicyclic) bond motifs is 1. The smallest absolute Gasteiger partial charge is 0.417 e. The lowest BCUT2D eigenvalue weighted by atomic mass is 10.1. The van der Waals surface area contributed by atoms with Crippen molar-refractivity contribution in [2.75, 3.05) is 16.2 Å². The molecule has 1 aliphatic heterocycles. The molecule has 37 heavy (non-hydrogen) atoms. The zero-order valence-electron chi connectivity index (χ0n) is 19.2. The van der Waals surface area contributed by atoms with Gasteiger partial charge in [0.25, 0.3) is 5.91 Å². The highest BCUT2D eigenvalue weighted by atomic mass is 35.5. The summed E-state index contributed by atoms with van der Waals surface area (Å²) in [4.78, 5) is 12.8. The van der Waals surface area contributed by atoms with Gasteiger partial charge < -0.3 is 10.1 Å². The molecule has 1 amide bonds. The molecule has 1 atom stereocenters. The Kier molecular flexibility index (Phi) is 7.08. The Labute approximate surface area is 216 Å². The molecule has 1 aliphatic rings. The van der Waals surface area contributed by atoms with Crippen molar-refractivity contribution in [2.45, 2.75) is 25.0 Å². The van der Waals surface area contributed by atoms with Gasteiger partial charge in [-0.3, -0.25) is 9.10 Å². The van der Waals surface area contributed by atoms with Gasteiger partial charge >= 0.3 is 6.18 Å². The Morgan fingerprint density at radius 2 is 1.92 bits per heavy atom. The lowest BCUT2D eigenvalue weighted by Crippen LogP contribution is -2.42. The van der Waals surface area contributed by atoms with Crippen molar-refractivity contribution < 1.29 is 31.1 Å². The van der Waals surface area contributed by atoms with Gasteiger partial charge in [-0.25, -0.2) is 8.42 Å². The molecule has 7 nitrogen and oxygen atoms in total. The summed E-state index contributed by atoms with van der Waals surface area (Å²) in [6.07, 6.45) is -5.31. The number of nitrogens with one attached hydrogen (secondary N) is 1. The number of sulfonamides is 1. The number of nitrogens with zero attached hydrogens (tertiary/aromatic N) is 2. The summed E-state index contributed by atoms with van der Waals surface area (Å²) in [6, 6.07) is 15.3. The van der Waals surface area contributed by atoms with E-state index in [0.29, 0.717) is 11.1 Å². The number of nitriles is 1. The van der Waals surface area contributed by atoms with E-state index < -0.39 is 45.1 Å². The van der Waals surface area contributed by atoms with Crippen LogP contribution < -0.4 is 14.4 Å². The van der Waals surface area contributed by atoms with E-state index in [1.54, 1.807) is 25.1 Å². The largest absolute Gasteiger partial charge is 0.487 e. The maximum Gasteiger partial charge on any atom is 0.417 e. The number of ether oxygens (including phenoxy) is 1. The van der Waals surface area contributed by atoms with Gasteiger partial charge in [-0.1, -0.05) is 29.8 Å². The molecule has 0 aliphatic carbocycles. The normalized spacial score (nSPS) is 15.4. The minimum absolute atomic E-state index is 0.0343. The number of halogens is 4. The second-order valence-corrected chi connectivity index (χ2v) is 10.6. The number of amides is 1. The van der Waals surface area contributed by atoms with Crippen molar-refractivity contribution in [2.24, 2.45) is 0 Å². The lowest BCUT2D eigenvalue weighted by Gasteiger charge is -2.34. The number of hydrogen-bond donors (Lipinski definition) is 1. The molecule has 192 valence electrons. The highest BCUT2D eigenvalue weighted by Gasteiger charge is 2.37. The van der Waals surface area contributed by atoms with Crippen LogP contribution in [0.25, 0.3) is 0 Å². The zero-order chi connectivity index (χ0) is 27.0. The Hall–Kier alpha value is -3.75. The van der Waals surface area contributed by atoms with Gasteiger partial charge in [0.2, 0.25) is 10.0 Å². The second kappa shape index (κ2) is 9.95. The first-order chi connectivity index (χ1) is 17.4. The fourth-order valence-corrected chi connectivity index (χ4v) is 5.84. The van der Waals surface area contributed by atoms with Crippen LogP contribution in [0, 0.1) is 11.3 Å². The van der Waals surface area contributed by atoms with Crippen LogP contribution in [0.2, 0.25) is 5.02 Å². The van der Waals surface area contributed by atoms with Crippen LogP contribution in [0.3, 0.4) is 0 Å². The van der Waals surface area contributed by atoms with Gasteiger partial charge in [-0.2, -0.15) is 18.4 Å². The van der Waals surface area contributed by atoms with Crippen LogP contribution in [0.4, 0.5) is 24.5 Å². The van der Waals surface area contributed by atoms with Crippen molar-refractivity contribution in [3.63, 3.8) is 0 Å². The summed E-state index contributed by atoms with van der Waals surface area (Å²) in [6.45, 7) is 1.65. The fraction of sp³-hybridized carbons (Fsp3) is 0.200. The monoisotopic (exact) mass is 549 g/mol. The Morgan fingerprint density at radius 1 is 1.19 bits per heavy atom. The molecular formula is C25H19ClF3N3O4S. The van der Waals surface area contributed by atoms with Crippen LogP contribution >= 0.6 is 11.6 Å². The number of alkyl halides is 3. The maximum atomic E-state index is 13.5. The van der Waals surface area contributed by atoms with E-state index >= 15 is 0 Å². The average molecular weight is 550 g/mol. The molecule has 3 aromatic carbocycles. The van der Waals surface area contributed by atoms with E-state index in [1.807, 2.05) is 6.07 Å².